The van der Waals surface area contributed by atoms with Crippen LogP contribution in [0.25, 0.3) is 0 Å². The van der Waals surface area contributed by atoms with E-state index in [4.69, 9.17) is 4.74 Å². The Hall–Kier alpha value is -2.62. The summed E-state index contributed by atoms with van der Waals surface area (Å²) in [4.78, 5) is 27.0. The molecule has 0 saturated carbocycles. The molecule has 0 aromatic heterocycles. The Balaban J connectivity index is 1.63. The Bertz CT molecular complexity index is 827. The van der Waals surface area contributed by atoms with E-state index in [9.17, 15) is 9.59 Å². The lowest BCUT2D eigenvalue weighted by molar-refractivity contribution is -0.127. The quantitative estimate of drug-likeness (QED) is 0.759. The SMILES string of the molecule is Cc1ccc2c(c1)C(=O)OC(C(=O)N1CCCc3ccccc31)C2. The van der Waals surface area contributed by atoms with Crippen LogP contribution >= 0.6 is 0 Å². The van der Waals surface area contributed by atoms with E-state index in [1.54, 1.807) is 4.90 Å². The van der Waals surface area contributed by atoms with Gasteiger partial charge in [-0.05, 0) is 43.0 Å². The third-order valence-corrected chi connectivity index (χ3v) is 4.79. The van der Waals surface area contributed by atoms with Crippen molar-refractivity contribution in [2.75, 3.05) is 11.4 Å². The van der Waals surface area contributed by atoms with Gasteiger partial charge in [-0.3, -0.25) is 4.79 Å². The van der Waals surface area contributed by atoms with Gasteiger partial charge in [-0.25, -0.2) is 4.79 Å². The molecule has 0 saturated heterocycles. The second-order valence-electron chi connectivity index (χ2n) is 6.48. The van der Waals surface area contributed by atoms with Crippen molar-refractivity contribution in [1.29, 1.82) is 0 Å². The normalized spacial score (nSPS) is 19.3. The number of carbonyl (C=O) groups excluding carboxylic acids is 2. The molecule has 2 aliphatic heterocycles. The van der Waals surface area contributed by atoms with Crippen LogP contribution in [-0.2, 0) is 22.4 Å². The van der Waals surface area contributed by atoms with Crippen molar-refractivity contribution < 1.29 is 14.3 Å². The Morgan fingerprint density at radius 1 is 1.17 bits per heavy atom. The lowest BCUT2D eigenvalue weighted by Gasteiger charge is -2.33. The monoisotopic (exact) mass is 321 g/mol. The van der Waals surface area contributed by atoms with Gasteiger partial charge in [0, 0.05) is 18.7 Å². The van der Waals surface area contributed by atoms with Gasteiger partial charge in [0.1, 0.15) is 0 Å². The maximum atomic E-state index is 13.0. The van der Waals surface area contributed by atoms with Crippen molar-refractivity contribution in [3.8, 4) is 0 Å². The molecular weight excluding hydrogens is 302 g/mol. The first-order chi connectivity index (χ1) is 11.6. The fourth-order valence-electron chi connectivity index (χ4n) is 3.57. The van der Waals surface area contributed by atoms with Crippen molar-refractivity contribution in [2.45, 2.75) is 32.3 Å². The second kappa shape index (κ2) is 5.78. The van der Waals surface area contributed by atoms with E-state index >= 15 is 0 Å². The molecule has 4 heteroatoms. The minimum absolute atomic E-state index is 0.123. The van der Waals surface area contributed by atoms with Crippen molar-refractivity contribution in [3.63, 3.8) is 0 Å². The molecule has 0 N–H and O–H groups in total. The summed E-state index contributed by atoms with van der Waals surface area (Å²) in [6.45, 7) is 2.61. The number of anilines is 1. The Kier molecular flexibility index (Phi) is 3.60. The van der Waals surface area contributed by atoms with E-state index in [-0.39, 0.29) is 5.91 Å². The fraction of sp³-hybridized carbons (Fsp3) is 0.300. The van der Waals surface area contributed by atoms with Crippen molar-refractivity contribution in [3.05, 3.63) is 64.7 Å². The summed E-state index contributed by atoms with van der Waals surface area (Å²) < 4.78 is 5.47. The van der Waals surface area contributed by atoms with E-state index in [1.807, 2.05) is 43.3 Å². The van der Waals surface area contributed by atoms with Crippen LogP contribution in [0.3, 0.4) is 0 Å². The molecule has 1 unspecified atom stereocenters. The number of carbonyl (C=O) groups is 2. The molecule has 1 atom stereocenters. The number of cyclic esters (lactones) is 1. The molecule has 2 aromatic rings. The molecular formula is C20H19NO3. The number of para-hydroxylation sites is 1. The van der Waals surface area contributed by atoms with Gasteiger partial charge < -0.3 is 9.64 Å². The molecule has 2 heterocycles. The van der Waals surface area contributed by atoms with Crippen molar-refractivity contribution in [2.24, 2.45) is 0 Å². The molecule has 0 radical (unpaired) electrons. The van der Waals surface area contributed by atoms with Gasteiger partial charge in [0.05, 0.1) is 5.56 Å². The van der Waals surface area contributed by atoms with Crippen LogP contribution in [0.2, 0.25) is 0 Å². The van der Waals surface area contributed by atoms with Crippen LogP contribution in [0.5, 0.6) is 0 Å². The van der Waals surface area contributed by atoms with Crippen LogP contribution in [0.4, 0.5) is 5.69 Å². The van der Waals surface area contributed by atoms with Crippen LogP contribution in [-0.4, -0.2) is 24.5 Å². The van der Waals surface area contributed by atoms with Gasteiger partial charge in [0.25, 0.3) is 5.91 Å². The molecule has 0 aliphatic carbocycles. The Morgan fingerprint density at radius 3 is 2.88 bits per heavy atom. The largest absolute Gasteiger partial charge is 0.448 e. The highest BCUT2D eigenvalue weighted by molar-refractivity contribution is 6.02. The average Bonchev–Trinajstić information content (AvgIpc) is 2.61. The van der Waals surface area contributed by atoms with E-state index in [0.29, 0.717) is 18.5 Å². The molecule has 122 valence electrons. The molecule has 0 bridgehead atoms. The zero-order chi connectivity index (χ0) is 16.7. The minimum Gasteiger partial charge on any atom is -0.448 e. The number of esters is 1. The number of fused-ring (bicyclic) bond motifs is 2. The van der Waals surface area contributed by atoms with Crippen LogP contribution in [0, 0.1) is 6.92 Å². The first-order valence-corrected chi connectivity index (χ1v) is 8.33. The molecule has 4 nitrogen and oxygen atoms in total. The molecule has 4 rings (SSSR count). The first kappa shape index (κ1) is 14.9. The van der Waals surface area contributed by atoms with Crippen molar-refractivity contribution >= 4 is 17.6 Å². The van der Waals surface area contributed by atoms with E-state index in [0.717, 1.165) is 29.7 Å². The van der Waals surface area contributed by atoms with Crippen molar-refractivity contribution in [1.82, 2.24) is 0 Å². The van der Waals surface area contributed by atoms with Gasteiger partial charge in [-0.1, -0.05) is 35.9 Å². The van der Waals surface area contributed by atoms with Crippen LogP contribution < -0.4 is 4.90 Å². The number of amides is 1. The number of aryl methyl sites for hydroxylation is 2. The number of hydrogen-bond acceptors (Lipinski definition) is 3. The van der Waals surface area contributed by atoms with Gasteiger partial charge in [-0.15, -0.1) is 0 Å². The van der Waals surface area contributed by atoms with Crippen LogP contribution in [0.15, 0.2) is 42.5 Å². The highest BCUT2D eigenvalue weighted by atomic mass is 16.5. The summed E-state index contributed by atoms with van der Waals surface area (Å²) >= 11 is 0. The molecule has 0 fully saturated rings. The van der Waals surface area contributed by atoms with Gasteiger partial charge in [0.15, 0.2) is 6.10 Å². The number of rotatable bonds is 1. The third kappa shape index (κ3) is 2.48. The van der Waals surface area contributed by atoms with Crippen LogP contribution in [0.1, 0.15) is 33.5 Å². The zero-order valence-corrected chi connectivity index (χ0v) is 13.6. The number of benzene rings is 2. The highest BCUT2D eigenvalue weighted by Gasteiger charge is 2.35. The number of ether oxygens (including phenoxy) is 1. The lowest BCUT2D eigenvalue weighted by Crippen LogP contribution is -2.46. The molecule has 24 heavy (non-hydrogen) atoms. The first-order valence-electron chi connectivity index (χ1n) is 8.33. The van der Waals surface area contributed by atoms with E-state index in [2.05, 4.69) is 6.07 Å². The van der Waals surface area contributed by atoms with Gasteiger partial charge >= 0.3 is 5.97 Å². The average molecular weight is 321 g/mol. The Labute approximate surface area is 141 Å². The molecule has 1 amide bonds. The Morgan fingerprint density at radius 2 is 2.00 bits per heavy atom. The summed E-state index contributed by atoms with van der Waals surface area (Å²) in [5, 5.41) is 0. The molecule has 2 aliphatic rings. The molecule has 0 spiro atoms. The maximum Gasteiger partial charge on any atom is 0.339 e. The highest BCUT2D eigenvalue weighted by Crippen LogP contribution is 2.29. The predicted molar refractivity (Wildman–Crippen MR) is 91.2 cm³/mol. The summed E-state index contributed by atoms with van der Waals surface area (Å²) in [5.74, 6) is -0.523. The smallest absolute Gasteiger partial charge is 0.339 e. The zero-order valence-electron chi connectivity index (χ0n) is 13.6. The van der Waals surface area contributed by atoms with Gasteiger partial charge in [0.2, 0.25) is 0 Å². The summed E-state index contributed by atoms with van der Waals surface area (Å²) in [6.07, 6.45) is 1.61. The van der Waals surface area contributed by atoms with E-state index < -0.39 is 12.1 Å². The lowest BCUT2D eigenvalue weighted by atomic mass is 9.95. The summed E-state index contributed by atoms with van der Waals surface area (Å²) in [5.41, 5.74) is 4.61. The number of hydrogen-bond donors (Lipinski definition) is 0. The fourth-order valence-corrected chi connectivity index (χ4v) is 3.57. The second-order valence-corrected chi connectivity index (χ2v) is 6.48. The summed E-state index contributed by atoms with van der Waals surface area (Å²) in [7, 11) is 0. The topological polar surface area (TPSA) is 46.6 Å². The summed E-state index contributed by atoms with van der Waals surface area (Å²) in [6, 6.07) is 13.7. The standard InChI is InChI=1S/C20H19NO3/c1-13-8-9-15-12-18(24-20(23)16(15)11-13)19(22)21-10-4-6-14-5-2-3-7-17(14)21/h2-3,5,7-9,11,18H,4,6,10,12H2,1H3. The number of nitrogens with zero attached hydrogens (tertiary/aromatic N) is 1. The minimum atomic E-state index is -0.737. The third-order valence-electron chi connectivity index (χ3n) is 4.79. The van der Waals surface area contributed by atoms with E-state index in [1.165, 1.54) is 5.56 Å². The maximum absolute atomic E-state index is 13.0. The molecule has 2 aromatic carbocycles. The van der Waals surface area contributed by atoms with Gasteiger partial charge in [-0.2, -0.15) is 0 Å². The predicted octanol–water partition coefficient (Wildman–Crippen LogP) is 3.06.